The van der Waals surface area contributed by atoms with E-state index in [1.807, 2.05) is 0 Å². The van der Waals surface area contributed by atoms with E-state index in [2.05, 4.69) is 21.2 Å². The van der Waals surface area contributed by atoms with Crippen LogP contribution in [0.15, 0.2) is 16.6 Å². The lowest BCUT2D eigenvalue weighted by Crippen LogP contribution is -2.35. The third-order valence-corrected chi connectivity index (χ3v) is 3.47. The lowest BCUT2D eigenvalue weighted by molar-refractivity contribution is 0.0224. The zero-order valence-corrected chi connectivity index (χ0v) is 10.9. The molecule has 1 heterocycles. The van der Waals surface area contributed by atoms with Gasteiger partial charge in [0.05, 0.1) is 22.7 Å². The van der Waals surface area contributed by atoms with Crippen LogP contribution in [0.4, 0.5) is 8.78 Å². The van der Waals surface area contributed by atoms with Gasteiger partial charge in [-0.2, -0.15) is 0 Å². The highest BCUT2D eigenvalue weighted by Crippen LogP contribution is 2.23. The fourth-order valence-electron chi connectivity index (χ4n) is 1.86. The molecule has 1 aromatic carbocycles. The molecule has 0 saturated carbocycles. The van der Waals surface area contributed by atoms with Crippen LogP contribution in [0.2, 0.25) is 0 Å². The van der Waals surface area contributed by atoms with Crippen molar-refractivity contribution in [3.8, 4) is 0 Å². The van der Waals surface area contributed by atoms with E-state index in [1.54, 1.807) is 0 Å². The van der Waals surface area contributed by atoms with Crippen molar-refractivity contribution in [3.63, 3.8) is 0 Å². The van der Waals surface area contributed by atoms with E-state index in [9.17, 15) is 8.78 Å². The highest BCUT2D eigenvalue weighted by molar-refractivity contribution is 9.10. The minimum absolute atomic E-state index is 0.00931. The minimum Gasteiger partial charge on any atom is -0.372 e. The Balaban J connectivity index is 2.00. The number of benzene rings is 1. The maximum Gasteiger partial charge on any atom is 0.145 e. The van der Waals surface area contributed by atoms with Gasteiger partial charge in [0.1, 0.15) is 11.6 Å². The van der Waals surface area contributed by atoms with Crippen LogP contribution in [-0.4, -0.2) is 19.2 Å². The molecule has 0 spiro atoms. The normalized spacial score (nSPS) is 20.5. The van der Waals surface area contributed by atoms with Crippen LogP contribution in [-0.2, 0) is 11.3 Å². The van der Waals surface area contributed by atoms with Gasteiger partial charge >= 0.3 is 0 Å². The summed E-state index contributed by atoms with van der Waals surface area (Å²) in [5.41, 5.74) is -0.00931. The quantitative estimate of drug-likeness (QED) is 0.867. The van der Waals surface area contributed by atoms with E-state index in [4.69, 9.17) is 4.74 Å². The summed E-state index contributed by atoms with van der Waals surface area (Å²) >= 11 is 3.04. The first-order valence-electron chi connectivity index (χ1n) is 5.63. The lowest BCUT2D eigenvalue weighted by atomic mass is 10.1. The summed E-state index contributed by atoms with van der Waals surface area (Å²) in [6, 6.07) is 2.60. The van der Waals surface area contributed by atoms with E-state index < -0.39 is 11.6 Å². The monoisotopic (exact) mass is 305 g/mol. The second-order valence-corrected chi connectivity index (χ2v) is 4.96. The molecule has 2 nitrogen and oxygen atoms in total. The Morgan fingerprint density at radius 3 is 2.94 bits per heavy atom. The zero-order valence-electron chi connectivity index (χ0n) is 9.31. The van der Waals surface area contributed by atoms with Crippen LogP contribution >= 0.6 is 15.9 Å². The molecule has 1 fully saturated rings. The fraction of sp³-hybridized carbons (Fsp3) is 0.500. The first kappa shape index (κ1) is 12.9. The van der Waals surface area contributed by atoms with Crippen LogP contribution in [0, 0.1) is 11.6 Å². The van der Waals surface area contributed by atoms with Crippen LogP contribution in [0.5, 0.6) is 0 Å². The average molecular weight is 306 g/mol. The minimum atomic E-state index is -0.575. The predicted molar refractivity (Wildman–Crippen MR) is 64.7 cm³/mol. The molecule has 17 heavy (non-hydrogen) atoms. The molecule has 5 heteroatoms. The van der Waals surface area contributed by atoms with E-state index in [-0.39, 0.29) is 22.7 Å². The van der Waals surface area contributed by atoms with Crippen molar-refractivity contribution in [1.29, 1.82) is 0 Å². The molecule has 0 radical (unpaired) electrons. The Bertz CT molecular complexity index is 394. The van der Waals surface area contributed by atoms with Gasteiger partial charge in [-0.1, -0.05) is 0 Å². The zero-order chi connectivity index (χ0) is 12.3. The Labute approximate surface area is 107 Å². The molecule has 1 aliphatic rings. The first-order chi connectivity index (χ1) is 8.18. The van der Waals surface area contributed by atoms with Crippen molar-refractivity contribution in [2.45, 2.75) is 25.6 Å². The third-order valence-electron chi connectivity index (χ3n) is 2.85. The summed E-state index contributed by atoms with van der Waals surface area (Å²) in [5, 5.41) is 3.19. The molecule has 1 atom stereocenters. The maximum atomic E-state index is 13.6. The summed E-state index contributed by atoms with van der Waals surface area (Å²) in [6.45, 7) is 1.71. The maximum absolute atomic E-state index is 13.6. The van der Waals surface area contributed by atoms with Crippen molar-refractivity contribution in [1.82, 2.24) is 5.32 Å². The van der Waals surface area contributed by atoms with Crippen molar-refractivity contribution >= 4 is 15.9 Å². The van der Waals surface area contributed by atoms with Crippen LogP contribution < -0.4 is 5.32 Å². The molecular weight excluding hydrogens is 292 g/mol. The van der Waals surface area contributed by atoms with Crippen molar-refractivity contribution in [3.05, 3.63) is 33.8 Å². The molecule has 1 aromatic rings. The Morgan fingerprint density at radius 1 is 1.41 bits per heavy atom. The summed E-state index contributed by atoms with van der Waals surface area (Å²) in [7, 11) is 0. The van der Waals surface area contributed by atoms with Gasteiger partial charge in [0, 0.05) is 6.54 Å². The van der Waals surface area contributed by atoms with Gasteiger partial charge in [-0.05, 0) is 47.4 Å². The molecule has 1 aliphatic heterocycles. The average Bonchev–Trinajstić information content (AvgIpc) is 2.35. The second-order valence-electron chi connectivity index (χ2n) is 4.10. The molecule has 2 rings (SSSR count). The van der Waals surface area contributed by atoms with Crippen LogP contribution in [0.3, 0.4) is 0 Å². The SMILES string of the molecule is Fc1ccc(Br)c(F)c1COC1CCCNC1. The van der Waals surface area contributed by atoms with Crippen molar-refractivity contribution < 1.29 is 13.5 Å². The predicted octanol–water partition coefficient (Wildman–Crippen LogP) is 3.00. The number of hydrogen-bond acceptors (Lipinski definition) is 2. The van der Waals surface area contributed by atoms with Crippen molar-refractivity contribution in [2.75, 3.05) is 13.1 Å². The van der Waals surface area contributed by atoms with E-state index >= 15 is 0 Å². The highest BCUT2D eigenvalue weighted by atomic mass is 79.9. The number of rotatable bonds is 3. The summed E-state index contributed by atoms with van der Waals surface area (Å²) in [6.07, 6.45) is 2.01. The highest BCUT2D eigenvalue weighted by Gasteiger charge is 2.17. The first-order valence-corrected chi connectivity index (χ1v) is 6.42. The molecule has 94 valence electrons. The summed E-state index contributed by atoms with van der Waals surface area (Å²) < 4.78 is 32.8. The fourth-order valence-corrected chi connectivity index (χ4v) is 2.24. The van der Waals surface area contributed by atoms with E-state index in [0.29, 0.717) is 0 Å². The number of ether oxygens (including phenoxy) is 1. The Morgan fingerprint density at radius 2 is 2.24 bits per heavy atom. The molecule has 1 unspecified atom stereocenters. The molecule has 1 saturated heterocycles. The third kappa shape index (κ3) is 3.24. The topological polar surface area (TPSA) is 21.3 Å². The molecule has 0 aromatic heterocycles. The van der Waals surface area contributed by atoms with Gasteiger partial charge in [-0.15, -0.1) is 0 Å². The molecule has 1 N–H and O–H groups in total. The number of hydrogen-bond donors (Lipinski definition) is 1. The number of halogens is 3. The molecule has 0 aliphatic carbocycles. The van der Waals surface area contributed by atoms with Gasteiger partial charge in [0.2, 0.25) is 0 Å². The largest absolute Gasteiger partial charge is 0.372 e. The number of nitrogens with one attached hydrogen (secondary N) is 1. The molecule has 0 amide bonds. The smallest absolute Gasteiger partial charge is 0.145 e. The van der Waals surface area contributed by atoms with E-state index in [0.717, 1.165) is 25.9 Å². The van der Waals surface area contributed by atoms with Crippen LogP contribution in [0.25, 0.3) is 0 Å². The Kier molecular flexibility index (Phi) is 4.48. The Hall–Kier alpha value is -0.520. The summed E-state index contributed by atoms with van der Waals surface area (Å²) in [4.78, 5) is 0. The summed E-state index contributed by atoms with van der Waals surface area (Å²) in [5.74, 6) is -1.14. The van der Waals surface area contributed by atoms with E-state index in [1.165, 1.54) is 12.1 Å². The lowest BCUT2D eigenvalue weighted by Gasteiger charge is -2.23. The molecular formula is C12H14BrF2NO. The van der Waals surface area contributed by atoms with Gasteiger partial charge < -0.3 is 10.1 Å². The van der Waals surface area contributed by atoms with Gasteiger partial charge in [-0.3, -0.25) is 0 Å². The van der Waals surface area contributed by atoms with Gasteiger partial charge in [0.25, 0.3) is 0 Å². The van der Waals surface area contributed by atoms with Gasteiger partial charge in [-0.25, -0.2) is 8.78 Å². The number of piperidine rings is 1. The molecule has 0 bridgehead atoms. The van der Waals surface area contributed by atoms with Crippen LogP contribution in [0.1, 0.15) is 18.4 Å². The van der Waals surface area contributed by atoms with Gasteiger partial charge in [0.15, 0.2) is 0 Å². The van der Waals surface area contributed by atoms with Crippen molar-refractivity contribution in [2.24, 2.45) is 0 Å². The standard InChI is InChI=1S/C12H14BrF2NO/c13-10-3-4-11(14)9(12(10)15)7-17-8-2-1-5-16-6-8/h3-4,8,16H,1-2,5-7H2. The second kappa shape index (κ2) is 5.89.